The molecule has 3 aromatic rings. The number of hydrogen-bond acceptors (Lipinski definition) is 2. The molecule has 0 fully saturated rings. The van der Waals surface area contributed by atoms with Crippen molar-refractivity contribution in [1.29, 1.82) is 0 Å². The van der Waals surface area contributed by atoms with Crippen LogP contribution in [0.4, 0.5) is 28.9 Å². The van der Waals surface area contributed by atoms with Gasteiger partial charge in [-0.15, -0.1) is 0 Å². The molecular weight excluding hydrogens is 384 g/mol. The summed E-state index contributed by atoms with van der Waals surface area (Å²) in [5, 5.41) is 5.35. The van der Waals surface area contributed by atoms with Crippen LogP contribution < -0.4 is 10.6 Å². The molecule has 150 valence electrons. The van der Waals surface area contributed by atoms with Crippen molar-refractivity contribution in [2.75, 3.05) is 10.6 Å². The van der Waals surface area contributed by atoms with Crippen molar-refractivity contribution in [1.82, 2.24) is 0 Å². The van der Waals surface area contributed by atoms with Gasteiger partial charge in [-0.1, -0.05) is 48.5 Å². The number of carbonyl (C=O) groups excluding carboxylic acids is 1. The van der Waals surface area contributed by atoms with Gasteiger partial charge in [-0.2, -0.15) is 13.2 Å². The number of anilines is 2. The molecule has 0 aliphatic rings. The van der Waals surface area contributed by atoms with Gasteiger partial charge in [0.15, 0.2) is 0 Å². The zero-order valence-corrected chi connectivity index (χ0v) is 15.3. The Hall–Kier alpha value is -3.35. The molecule has 0 aliphatic heterocycles. The molecule has 0 atom stereocenters. The van der Waals surface area contributed by atoms with Gasteiger partial charge in [0.05, 0.1) is 17.7 Å². The molecule has 3 aromatic carbocycles. The summed E-state index contributed by atoms with van der Waals surface area (Å²) < 4.78 is 53.3. The lowest BCUT2D eigenvalue weighted by Crippen LogP contribution is -2.15. The second-order valence-corrected chi connectivity index (χ2v) is 6.41. The lowest BCUT2D eigenvalue weighted by atomic mass is 10.1. The highest BCUT2D eigenvalue weighted by Gasteiger charge is 2.32. The number of alkyl halides is 3. The van der Waals surface area contributed by atoms with E-state index in [1.165, 1.54) is 30.3 Å². The summed E-state index contributed by atoms with van der Waals surface area (Å²) in [7, 11) is 0. The van der Waals surface area contributed by atoms with Crippen molar-refractivity contribution in [3.05, 3.63) is 95.3 Å². The third-order valence-corrected chi connectivity index (χ3v) is 4.25. The maximum Gasteiger partial charge on any atom is 0.416 e. The molecular formula is C22H18F4N2O. The number of amides is 1. The molecule has 0 spiro atoms. The average molecular weight is 402 g/mol. The van der Waals surface area contributed by atoms with Gasteiger partial charge in [-0.05, 0) is 35.4 Å². The summed E-state index contributed by atoms with van der Waals surface area (Å²) in [4.78, 5) is 12.2. The lowest BCUT2D eigenvalue weighted by molar-refractivity contribution is -0.138. The second kappa shape index (κ2) is 8.77. The van der Waals surface area contributed by atoms with Crippen molar-refractivity contribution < 1.29 is 22.4 Å². The zero-order valence-electron chi connectivity index (χ0n) is 15.3. The largest absolute Gasteiger partial charge is 0.416 e. The van der Waals surface area contributed by atoms with Crippen molar-refractivity contribution in [2.45, 2.75) is 19.1 Å². The maximum absolute atomic E-state index is 14.1. The summed E-state index contributed by atoms with van der Waals surface area (Å²) in [5.74, 6) is -1.03. The van der Waals surface area contributed by atoms with Gasteiger partial charge in [-0.25, -0.2) is 4.39 Å². The zero-order chi connectivity index (χ0) is 20.9. The lowest BCUT2D eigenvalue weighted by Gasteiger charge is -2.15. The molecule has 7 heteroatoms. The van der Waals surface area contributed by atoms with Crippen LogP contribution in [0.1, 0.15) is 16.7 Å². The van der Waals surface area contributed by atoms with Crippen LogP contribution in [-0.2, 0) is 23.9 Å². The highest BCUT2D eigenvalue weighted by molar-refractivity contribution is 5.92. The van der Waals surface area contributed by atoms with Gasteiger partial charge in [0.1, 0.15) is 5.82 Å². The minimum atomic E-state index is -4.46. The van der Waals surface area contributed by atoms with Crippen molar-refractivity contribution >= 4 is 17.3 Å². The fraction of sp³-hybridized carbons (Fsp3) is 0.136. The van der Waals surface area contributed by atoms with E-state index in [2.05, 4.69) is 10.6 Å². The Morgan fingerprint density at radius 1 is 0.897 bits per heavy atom. The Kier molecular flexibility index (Phi) is 6.16. The Labute approximate surface area is 165 Å². The van der Waals surface area contributed by atoms with Crippen LogP contribution in [-0.4, -0.2) is 5.91 Å². The van der Waals surface area contributed by atoms with Crippen LogP contribution in [0.15, 0.2) is 72.8 Å². The first-order valence-electron chi connectivity index (χ1n) is 8.85. The summed E-state index contributed by atoms with van der Waals surface area (Å²) in [6, 6.07) is 18.1. The summed E-state index contributed by atoms with van der Waals surface area (Å²) in [6.07, 6.45) is -4.38. The van der Waals surface area contributed by atoms with Crippen molar-refractivity contribution in [3.8, 4) is 0 Å². The number of nitrogens with one attached hydrogen (secondary N) is 2. The molecule has 0 saturated carbocycles. The Morgan fingerprint density at radius 2 is 1.59 bits per heavy atom. The molecule has 0 saturated heterocycles. The molecule has 0 bridgehead atoms. The van der Waals surface area contributed by atoms with Gasteiger partial charge >= 0.3 is 6.18 Å². The molecule has 3 nitrogen and oxygen atoms in total. The van der Waals surface area contributed by atoms with Gasteiger partial charge in [-0.3, -0.25) is 4.79 Å². The number of benzene rings is 3. The van der Waals surface area contributed by atoms with Crippen LogP contribution in [0.3, 0.4) is 0 Å². The van der Waals surface area contributed by atoms with E-state index in [-0.39, 0.29) is 24.2 Å². The first-order chi connectivity index (χ1) is 13.8. The van der Waals surface area contributed by atoms with Gasteiger partial charge in [0, 0.05) is 12.2 Å². The quantitative estimate of drug-likeness (QED) is 0.524. The number of carbonyl (C=O) groups is 1. The Morgan fingerprint density at radius 3 is 2.31 bits per heavy atom. The van der Waals surface area contributed by atoms with E-state index in [1.807, 2.05) is 6.07 Å². The van der Waals surface area contributed by atoms with Gasteiger partial charge in [0.25, 0.3) is 0 Å². The maximum atomic E-state index is 14.1. The smallest absolute Gasteiger partial charge is 0.381 e. The normalized spacial score (nSPS) is 11.2. The predicted molar refractivity (Wildman–Crippen MR) is 104 cm³/mol. The van der Waals surface area contributed by atoms with E-state index >= 15 is 0 Å². The molecule has 0 aromatic heterocycles. The molecule has 0 unspecified atom stereocenters. The van der Waals surface area contributed by atoms with Crippen LogP contribution in [0, 0.1) is 5.82 Å². The molecule has 0 aliphatic carbocycles. The monoisotopic (exact) mass is 402 g/mol. The van der Waals surface area contributed by atoms with Crippen molar-refractivity contribution in [2.24, 2.45) is 0 Å². The number of halogens is 4. The van der Waals surface area contributed by atoms with E-state index < -0.39 is 23.5 Å². The van der Waals surface area contributed by atoms with Gasteiger partial charge < -0.3 is 10.6 Å². The standard InChI is InChI=1S/C22H18F4N2O/c23-19-11-10-17(27-14-16-8-4-5-9-18(16)22(24,25)26)13-20(19)28-21(29)12-15-6-2-1-3-7-15/h1-11,13,27H,12,14H2,(H,28,29). The number of hydrogen-bond donors (Lipinski definition) is 2. The summed E-state index contributed by atoms with van der Waals surface area (Å²) >= 11 is 0. The minimum absolute atomic E-state index is 0.0416. The van der Waals surface area contributed by atoms with E-state index in [4.69, 9.17) is 0 Å². The third kappa shape index (κ3) is 5.57. The highest BCUT2D eigenvalue weighted by Crippen LogP contribution is 2.32. The van der Waals surface area contributed by atoms with Crippen LogP contribution in [0.5, 0.6) is 0 Å². The average Bonchev–Trinajstić information content (AvgIpc) is 2.69. The molecule has 3 rings (SSSR count). The molecule has 29 heavy (non-hydrogen) atoms. The molecule has 1 amide bonds. The SMILES string of the molecule is O=C(Cc1ccccc1)Nc1cc(NCc2ccccc2C(F)(F)F)ccc1F. The van der Waals surface area contributed by atoms with E-state index in [0.717, 1.165) is 17.7 Å². The molecule has 0 heterocycles. The van der Waals surface area contributed by atoms with Crippen LogP contribution in [0.2, 0.25) is 0 Å². The number of rotatable bonds is 6. The Balaban J connectivity index is 1.69. The second-order valence-electron chi connectivity index (χ2n) is 6.41. The van der Waals surface area contributed by atoms with E-state index in [1.54, 1.807) is 24.3 Å². The fourth-order valence-electron chi connectivity index (χ4n) is 2.85. The van der Waals surface area contributed by atoms with Crippen molar-refractivity contribution in [3.63, 3.8) is 0 Å². The van der Waals surface area contributed by atoms with E-state index in [9.17, 15) is 22.4 Å². The third-order valence-electron chi connectivity index (χ3n) is 4.25. The van der Waals surface area contributed by atoms with E-state index in [0.29, 0.717) is 5.69 Å². The van der Waals surface area contributed by atoms with Crippen LogP contribution >= 0.6 is 0 Å². The fourth-order valence-corrected chi connectivity index (χ4v) is 2.85. The summed E-state index contributed by atoms with van der Waals surface area (Å²) in [5.41, 5.74) is 0.465. The topological polar surface area (TPSA) is 41.1 Å². The summed E-state index contributed by atoms with van der Waals surface area (Å²) in [6.45, 7) is -0.0985. The van der Waals surface area contributed by atoms with Crippen LogP contribution in [0.25, 0.3) is 0 Å². The predicted octanol–water partition coefficient (Wildman–Crippen LogP) is 5.64. The molecule has 2 N–H and O–H groups in total. The van der Waals surface area contributed by atoms with Gasteiger partial charge in [0.2, 0.25) is 5.91 Å². The Bertz CT molecular complexity index is 988. The first kappa shape index (κ1) is 20.4. The minimum Gasteiger partial charge on any atom is -0.381 e. The molecule has 0 radical (unpaired) electrons. The highest BCUT2D eigenvalue weighted by atomic mass is 19.4. The first-order valence-corrected chi connectivity index (χ1v) is 8.85.